The molecule has 0 saturated heterocycles. The van der Waals surface area contributed by atoms with Gasteiger partial charge in [-0.3, -0.25) is 19.3 Å². The molecule has 0 unspecified atom stereocenters. The van der Waals surface area contributed by atoms with Crippen LogP contribution in [-0.4, -0.2) is 29.6 Å². The summed E-state index contributed by atoms with van der Waals surface area (Å²) in [4.78, 5) is 30.0. The zero-order chi connectivity index (χ0) is 26.2. The van der Waals surface area contributed by atoms with Crippen LogP contribution >= 0.6 is 15.9 Å². The SMILES string of the molecule is Cc1cnc(-c2ccnc(C(C)(C)O)n2)cc1-n1c(C)cc(OCc2ncc(F)cc2F)c(Br)c1=O. The number of aromatic nitrogens is 5. The molecular weight excluding hydrogens is 536 g/mol. The summed E-state index contributed by atoms with van der Waals surface area (Å²) in [5.41, 5.74) is 1.11. The van der Waals surface area contributed by atoms with Gasteiger partial charge >= 0.3 is 0 Å². The Morgan fingerprint density at radius 1 is 1.08 bits per heavy atom. The molecule has 4 aromatic rings. The van der Waals surface area contributed by atoms with Gasteiger partial charge in [0.2, 0.25) is 0 Å². The van der Waals surface area contributed by atoms with Crippen LogP contribution in [0.2, 0.25) is 0 Å². The standard InChI is InChI=1S/C25H22BrF2N5O3/c1-13-10-30-18(17-5-6-29-24(32-17)25(3,4)35)9-20(13)33-14(2)7-21(22(26)23(33)34)36-12-19-16(28)8-15(27)11-31-19/h5-11,35H,12H2,1-4H3. The van der Waals surface area contributed by atoms with Crippen LogP contribution in [0.4, 0.5) is 8.78 Å². The van der Waals surface area contributed by atoms with E-state index in [4.69, 9.17) is 4.74 Å². The van der Waals surface area contributed by atoms with Crippen molar-refractivity contribution in [2.75, 3.05) is 0 Å². The Morgan fingerprint density at radius 2 is 1.83 bits per heavy atom. The van der Waals surface area contributed by atoms with Crippen LogP contribution in [0.25, 0.3) is 17.1 Å². The van der Waals surface area contributed by atoms with Crippen molar-refractivity contribution in [1.29, 1.82) is 0 Å². The van der Waals surface area contributed by atoms with E-state index in [0.717, 1.165) is 17.8 Å². The zero-order valence-electron chi connectivity index (χ0n) is 19.9. The molecule has 11 heteroatoms. The Balaban J connectivity index is 1.72. The predicted octanol–water partition coefficient (Wildman–Crippen LogP) is 4.55. The van der Waals surface area contributed by atoms with E-state index in [9.17, 15) is 18.7 Å². The number of hydrogen-bond donors (Lipinski definition) is 1. The summed E-state index contributed by atoms with van der Waals surface area (Å²) >= 11 is 3.29. The van der Waals surface area contributed by atoms with Gasteiger partial charge in [-0.1, -0.05) is 0 Å². The van der Waals surface area contributed by atoms with Gasteiger partial charge in [0.1, 0.15) is 33.9 Å². The maximum absolute atomic E-state index is 13.9. The smallest absolute Gasteiger partial charge is 0.273 e. The maximum Gasteiger partial charge on any atom is 0.273 e. The van der Waals surface area contributed by atoms with Crippen molar-refractivity contribution in [3.8, 4) is 22.8 Å². The minimum Gasteiger partial charge on any atom is -0.486 e. The number of rotatable bonds is 6. The molecule has 0 fully saturated rings. The summed E-state index contributed by atoms with van der Waals surface area (Å²) in [7, 11) is 0. The average Bonchev–Trinajstić information content (AvgIpc) is 2.82. The van der Waals surface area contributed by atoms with Crippen LogP contribution in [0.1, 0.15) is 36.6 Å². The highest BCUT2D eigenvalue weighted by Gasteiger charge is 2.21. The largest absolute Gasteiger partial charge is 0.486 e. The van der Waals surface area contributed by atoms with Crippen molar-refractivity contribution >= 4 is 15.9 Å². The quantitative estimate of drug-likeness (QED) is 0.371. The molecule has 0 spiro atoms. The van der Waals surface area contributed by atoms with E-state index in [1.807, 2.05) is 6.92 Å². The van der Waals surface area contributed by atoms with E-state index in [1.54, 1.807) is 45.2 Å². The number of aliphatic hydroxyl groups is 1. The molecule has 0 bridgehead atoms. The summed E-state index contributed by atoms with van der Waals surface area (Å²) < 4.78 is 34.3. The van der Waals surface area contributed by atoms with Gasteiger partial charge in [0.15, 0.2) is 11.6 Å². The Bertz CT molecular complexity index is 1520. The fourth-order valence-electron chi connectivity index (χ4n) is 3.47. The van der Waals surface area contributed by atoms with Crippen LogP contribution in [0.5, 0.6) is 5.75 Å². The van der Waals surface area contributed by atoms with E-state index in [2.05, 4.69) is 35.9 Å². The van der Waals surface area contributed by atoms with E-state index in [0.29, 0.717) is 22.8 Å². The average molecular weight is 558 g/mol. The molecule has 4 aromatic heterocycles. The van der Waals surface area contributed by atoms with E-state index in [-0.39, 0.29) is 28.3 Å². The fraction of sp³-hybridized carbons (Fsp3) is 0.240. The van der Waals surface area contributed by atoms with Gasteiger partial charge in [0.25, 0.3) is 5.56 Å². The van der Waals surface area contributed by atoms with Crippen LogP contribution < -0.4 is 10.3 Å². The molecule has 186 valence electrons. The Labute approximate surface area is 213 Å². The molecule has 4 rings (SSSR count). The highest BCUT2D eigenvalue weighted by atomic mass is 79.9. The van der Waals surface area contributed by atoms with E-state index < -0.39 is 22.8 Å². The number of halogens is 3. The van der Waals surface area contributed by atoms with E-state index in [1.165, 1.54) is 10.8 Å². The second-order valence-corrected chi connectivity index (χ2v) is 9.45. The maximum atomic E-state index is 13.9. The Kier molecular flexibility index (Phi) is 6.96. The van der Waals surface area contributed by atoms with Gasteiger partial charge in [-0.2, -0.15) is 0 Å². The molecule has 0 saturated carbocycles. The van der Waals surface area contributed by atoms with Crippen molar-refractivity contribution in [2.24, 2.45) is 0 Å². The second kappa shape index (κ2) is 9.82. The molecule has 0 aromatic carbocycles. The molecule has 0 aliphatic rings. The Morgan fingerprint density at radius 3 is 2.53 bits per heavy atom. The molecule has 0 amide bonds. The highest BCUT2D eigenvalue weighted by molar-refractivity contribution is 9.10. The van der Waals surface area contributed by atoms with Crippen LogP contribution in [0.15, 0.2) is 52.1 Å². The van der Waals surface area contributed by atoms with Crippen molar-refractivity contribution < 1.29 is 18.6 Å². The molecule has 0 atom stereocenters. The highest BCUT2D eigenvalue weighted by Crippen LogP contribution is 2.28. The van der Waals surface area contributed by atoms with E-state index >= 15 is 0 Å². The van der Waals surface area contributed by atoms with Gasteiger partial charge in [0.05, 0.1) is 23.3 Å². The summed E-state index contributed by atoms with van der Waals surface area (Å²) in [6.45, 7) is 6.44. The van der Waals surface area contributed by atoms with Crippen LogP contribution in [0, 0.1) is 25.5 Å². The second-order valence-electron chi connectivity index (χ2n) is 8.66. The molecule has 0 aliphatic heterocycles. The third-order valence-corrected chi connectivity index (χ3v) is 6.06. The lowest BCUT2D eigenvalue weighted by Crippen LogP contribution is -2.23. The summed E-state index contributed by atoms with van der Waals surface area (Å²) in [5, 5.41) is 10.3. The first-order valence-electron chi connectivity index (χ1n) is 10.8. The monoisotopic (exact) mass is 557 g/mol. The minimum atomic E-state index is -1.23. The summed E-state index contributed by atoms with van der Waals surface area (Å²) in [5.74, 6) is -1.19. The van der Waals surface area contributed by atoms with Gasteiger partial charge in [0, 0.05) is 30.2 Å². The minimum absolute atomic E-state index is 0.0879. The topological polar surface area (TPSA) is 103 Å². The van der Waals surface area contributed by atoms with Crippen LogP contribution in [-0.2, 0) is 12.2 Å². The number of aryl methyl sites for hydroxylation is 2. The van der Waals surface area contributed by atoms with Gasteiger partial charge < -0.3 is 9.84 Å². The lowest BCUT2D eigenvalue weighted by Gasteiger charge is -2.18. The molecule has 36 heavy (non-hydrogen) atoms. The zero-order valence-corrected chi connectivity index (χ0v) is 21.5. The molecular formula is C25H22BrF2N5O3. The third-order valence-electron chi connectivity index (χ3n) is 5.33. The summed E-state index contributed by atoms with van der Waals surface area (Å²) in [6.07, 6.45) is 4.06. The molecule has 0 aliphatic carbocycles. The molecule has 8 nitrogen and oxygen atoms in total. The Hall–Kier alpha value is -3.57. The number of ether oxygens (including phenoxy) is 1. The first-order chi connectivity index (χ1) is 17.0. The third kappa shape index (κ3) is 5.17. The lowest BCUT2D eigenvalue weighted by molar-refractivity contribution is 0.0688. The van der Waals surface area contributed by atoms with Crippen LogP contribution in [0.3, 0.4) is 0 Å². The lowest BCUT2D eigenvalue weighted by atomic mass is 10.1. The molecule has 0 radical (unpaired) electrons. The van der Waals surface area contributed by atoms with Crippen molar-refractivity contribution in [2.45, 2.75) is 39.9 Å². The number of pyridine rings is 3. The van der Waals surface area contributed by atoms with Crippen molar-refractivity contribution in [1.82, 2.24) is 24.5 Å². The fourth-order valence-corrected chi connectivity index (χ4v) is 3.88. The molecule has 4 heterocycles. The van der Waals surface area contributed by atoms with Gasteiger partial charge in [-0.05, 0) is 61.3 Å². The van der Waals surface area contributed by atoms with Gasteiger partial charge in [-0.15, -0.1) is 0 Å². The first-order valence-corrected chi connectivity index (χ1v) is 11.6. The number of hydrogen-bond acceptors (Lipinski definition) is 7. The molecule has 1 N–H and O–H groups in total. The predicted molar refractivity (Wildman–Crippen MR) is 132 cm³/mol. The first kappa shape index (κ1) is 25.5. The summed E-state index contributed by atoms with van der Waals surface area (Å²) in [6, 6.07) is 5.74. The normalized spacial score (nSPS) is 11.6. The van der Waals surface area contributed by atoms with Gasteiger partial charge in [-0.25, -0.2) is 18.7 Å². The number of nitrogens with zero attached hydrogens (tertiary/aromatic N) is 5. The van der Waals surface area contributed by atoms with Crippen molar-refractivity contribution in [3.05, 3.63) is 92.1 Å². The van der Waals surface area contributed by atoms with Crippen molar-refractivity contribution in [3.63, 3.8) is 0 Å².